The average molecular weight is 279 g/mol. The Bertz CT molecular complexity index is 539. The number of thiazole rings is 1. The van der Waals surface area contributed by atoms with Crippen LogP contribution in [0.5, 0.6) is 0 Å². The van der Waals surface area contributed by atoms with Crippen molar-refractivity contribution < 1.29 is 5.11 Å². The summed E-state index contributed by atoms with van der Waals surface area (Å²) in [6, 6.07) is 4.02. The molecule has 4 N–H and O–H groups in total. The SMILES string of the molecule is Cc1nc2cc(NCCCCCCO)c(N)cc2s1. The monoisotopic (exact) mass is 279 g/mol. The van der Waals surface area contributed by atoms with E-state index in [4.69, 9.17) is 10.8 Å². The molecule has 1 aromatic carbocycles. The quantitative estimate of drug-likeness (QED) is 0.538. The molecule has 1 aromatic heterocycles. The zero-order chi connectivity index (χ0) is 13.7. The van der Waals surface area contributed by atoms with Crippen LogP contribution in [0.3, 0.4) is 0 Å². The smallest absolute Gasteiger partial charge is 0.0907 e. The van der Waals surface area contributed by atoms with Crippen LogP contribution in [0, 0.1) is 6.92 Å². The van der Waals surface area contributed by atoms with Crippen molar-refractivity contribution in [3.63, 3.8) is 0 Å². The molecule has 0 aliphatic heterocycles. The lowest BCUT2D eigenvalue weighted by molar-refractivity contribution is 0.283. The van der Waals surface area contributed by atoms with Crippen LogP contribution in [-0.2, 0) is 0 Å². The molecule has 0 bridgehead atoms. The number of anilines is 2. The molecule has 5 heteroatoms. The molecule has 4 nitrogen and oxygen atoms in total. The number of benzene rings is 1. The van der Waals surface area contributed by atoms with Crippen LogP contribution in [0.2, 0.25) is 0 Å². The third-order valence-electron chi connectivity index (χ3n) is 3.07. The molecule has 0 unspecified atom stereocenters. The van der Waals surface area contributed by atoms with E-state index in [9.17, 15) is 0 Å². The Morgan fingerprint density at radius 2 is 2.05 bits per heavy atom. The highest BCUT2D eigenvalue weighted by molar-refractivity contribution is 7.18. The fourth-order valence-corrected chi connectivity index (χ4v) is 2.93. The minimum Gasteiger partial charge on any atom is -0.397 e. The van der Waals surface area contributed by atoms with Gasteiger partial charge in [-0.05, 0) is 31.9 Å². The number of nitrogens with two attached hydrogens (primary N) is 1. The van der Waals surface area contributed by atoms with Gasteiger partial charge in [-0.3, -0.25) is 0 Å². The van der Waals surface area contributed by atoms with Crippen LogP contribution in [0.4, 0.5) is 11.4 Å². The van der Waals surface area contributed by atoms with Crippen LogP contribution >= 0.6 is 11.3 Å². The first-order chi connectivity index (χ1) is 9.20. The van der Waals surface area contributed by atoms with Crippen LogP contribution in [0.25, 0.3) is 10.2 Å². The van der Waals surface area contributed by atoms with E-state index in [0.717, 1.165) is 58.8 Å². The number of hydrogen-bond donors (Lipinski definition) is 3. The first-order valence-corrected chi connectivity index (χ1v) is 7.54. The number of nitrogens with zero attached hydrogens (tertiary/aromatic N) is 1. The Balaban J connectivity index is 1.91. The molecule has 0 aliphatic carbocycles. The van der Waals surface area contributed by atoms with Crippen LogP contribution in [0.15, 0.2) is 12.1 Å². The normalized spacial score (nSPS) is 11.1. The van der Waals surface area contributed by atoms with Gasteiger partial charge in [0.05, 0.1) is 26.6 Å². The third kappa shape index (κ3) is 3.81. The highest BCUT2D eigenvalue weighted by atomic mass is 32.1. The molecule has 0 aliphatic rings. The summed E-state index contributed by atoms with van der Waals surface area (Å²) in [6.07, 6.45) is 4.20. The second kappa shape index (κ2) is 6.73. The summed E-state index contributed by atoms with van der Waals surface area (Å²) in [7, 11) is 0. The maximum Gasteiger partial charge on any atom is 0.0907 e. The molecular weight excluding hydrogens is 258 g/mol. The average Bonchev–Trinajstić information content (AvgIpc) is 2.72. The van der Waals surface area contributed by atoms with Gasteiger partial charge >= 0.3 is 0 Å². The topological polar surface area (TPSA) is 71.2 Å². The number of aliphatic hydroxyl groups is 1. The van der Waals surface area contributed by atoms with E-state index >= 15 is 0 Å². The van der Waals surface area contributed by atoms with Crippen molar-refractivity contribution in [2.24, 2.45) is 0 Å². The molecule has 0 atom stereocenters. The van der Waals surface area contributed by atoms with Gasteiger partial charge in [-0.1, -0.05) is 12.8 Å². The number of fused-ring (bicyclic) bond motifs is 1. The zero-order valence-electron chi connectivity index (χ0n) is 11.3. The van der Waals surface area contributed by atoms with Crippen molar-refractivity contribution in [3.05, 3.63) is 17.1 Å². The number of aliphatic hydroxyl groups excluding tert-OH is 1. The molecule has 1 heterocycles. The molecule has 0 fully saturated rings. The zero-order valence-corrected chi connectivity index (χ0v) is 12.1. The number of rotatable bonds is 7. The summed E-state index contributed by atoms with van der Waals surface area (Å²) in [5.74, 6) is 0. The first kappa shape index (κ1) is 14.1. The fourth-order valence-electron chi connectivity index (χ4n) is 2.07. The Morgan fingerprint density at radius 1 is 1.26 bits per heavy atom. The lowest BCUT2D eigenvalue weighted by Gasteiger charge is -2.09. The number of nitrogen functional groups attached to an aromatic ring is 1. The lowest BCUT2D eigenvalue weighted by atomic mass is 10.2. The summed E-state index contributed by atoms with van der Waals surface area (Å²) in [5, 5.41) is 13.1. The van der Waals surface area contributed by atoms with Crippen molar-refractivity contribution in [2.45, 2.75) is 32.6 Å². The highest BCUT2D eigenvalue weighted by Gasteiger charge is 2.05. The van der Waals surface area contributed by atoms with E-state index in [1.807, 2.05) is 19.1 Å². The van der Waals surface area contributed by atoms with Crippen LogP contribution < -0.4 is 11.1 Å². The minimum absolute atomic E-state index is 0.292. The van der Waals surface area contributed by atoms with Gasteiger partial charge in [0.25, 0.3) is 0 Å². The van der Waals surface area contributed by atoms with Gasteiger partial charge in [0.15, 0.2) is 0 Å². The Hall–Kier alpha value is -1.33. The predicted octanol–water partition coefficient (Wildman–Crippen LogP) is 3.15. The van der Waals surface area contributed by atoms with E-state index < -0.39 is 0 Å². The van der Waals surface area contributed by atoms with E-state index in [0.29, 0.717) is 6.61 Å². The molecule has 104 valence electrons. The lowest BCUT2D eigenvalue weighted by Crippen LogP contribution is -2.04. The first-order valence-electron chi connectivity index (χ1n) is 6.72. The molecule has 0 saturated heterocycles. The van der Waals surface area contributed by atoms with Gasteiger partial charge in [0.1, 0.15) is 0 Å². The Labute approximate surface area is 117 Å². The van der Waals surface area contributed by atoms with Crippen LogP contribution in [-0.4, -0.2) is 23.2 Å². The van der Waals surface area contributed by atoms with Gasteiger partial charge in [0.2, 0.25) is 0 Å². The summed E-state index contributed by atoms with van der Waals surface area (Å²) in [6.45, 7) is 3.21. The molecule has 0 amide bonds. The molecule has 0 radical (unpaired) electrons. The summed E-state index contributed by atoms with van der Waals surface area (Å²) in [5.41, 5.74) is 8.81. The maximum absolute atomic E-state index is 8.70. The van der Waals surface area contributed by atoms with Crippen LogP contribution in [0.1, 0.15) is 30.7 Å². The van der Waals surface area contributed by atoms with Crippen molar-refractivity contribution in [1.29, 1.82) is 0 Å². The van der Waals surface area contributed by atoms with E-state index in [1.165, 1.54) is 0 Å². The third-order valence-corrected chi connectivity index (χ3v) is 4.00. The predicted molar refractivity (Wildman–Crippen MR) is 82.8 cm³/mol. The molecule has 2 aromatic rings. The molecule has 2 rings (SSSR count). The number of aromatic nitrogens is 1. The van der Waals surface area contributed by atoms with Gasteiger partial charge in [-0.2, -0.15) is 0 Å². The molecule has 0 saturated carbocycles. The number of aryl methyl sites for hydroxylation is 1. The van der Waals surface area contributed by atoms with E-state index in [1.54, 1.807) is 11.3 Å². The van der Waals surface area contributed by atoms with Crippen molar-refractivity contribution >= 4 is 32.9 Å². The van der Waals surface area contributed by atoms with Crippen molar-refractivity contribution in [3.8, 4) is 0 Å². The summed E-state index contributed by atoms with van der Waals surface area (Å²) in [4.78, 5) is 4.48. The standard InChI is InChI=1S/C14H21N3OS/c1-10-17-13-9-12(11(15)8-14(13)19-10)16-6-4-2-3-5-7-18/h8-9,16,18H,2-7,15H2,1H3. The minimum atomic E-state index is 0.292. The second-order valence-electron chi connectivity index (χ2n) is 4.70. The van der Waals surface area contributed by atoms with E-state index in [-0.39, 0.29) is 0 Å². The van der Waals surface area contributed by atoms with E-state index in [2.05, 4.69) is 10.3 Å². The van der Waals surface area contributed by atoms with Gasteiger partial charge in [0, 0.05) is 13.2 Å². The largest absolute Gasteiger partial charge is 0.397 e. The molecule has 0 spiro atoms. The molecule has 19 heavy (non-hydrogen) atoms. The van der Waals surface area contributed by atoms with Crippen molar-refractivity contribution in [1.82, 2.24) is 4.98 Å². The second-order valence-corrected chi connectivity index (χ2v) is 5.94. The highest BCUT2D eigenvalue weighted by Crippen LogP contribution is 2.29. The Morgan fingerprint density at radius 3 is 2.84 bits per heavy atom. The number of nitrogens with one attached hydrogen (secondary N) is 1. The summed E-state index contributed by atoms with van der Waals surface area (Å²) < 4.78 is 1.14. The van der Waals surface area contributed by atoms with Gasteiger partial charge in [-0.15, -0.1) is 11.3 Å². The maximum atomic E-state index is 8.70. The van der Waals surface area contributed by atoms with Gasteiger partial charge in [-0.25, -0.2) is 4.98 Å². The molecular formula is C14H21N3OS. The van der Waals surface area contributed by atoms with Crippen molar-refractivity contribution in [2.75, 3.05) is 24.2 Å². The van der Waals surface area contributed by atoms with Gasteiger partial charge < -0.3 is 16.2 Å². The number of hydrogen-bond acceptors (Lipinski definition) is 5. The Kier molecular flexibility index (Phi) is 4.99. The summed E-state index contributed by atoms with van der Waals surface area (Å²) >= 11 is 1.67. The fraction of sp³-hybridized carbons (Fsp3) is 0.500. The number of unbranched alkanes of at least 4 members (excludes halogenated alkanes) is 3.